The molecule has 0 radical (unpaired) electrons. The summed E-state index contributed by atoms with van der Waals surface area (Å²) in [5, 5.41) is 6.50. The SMILES string of the molecule is CCCCCCCCCN=C(NCC)NC(C)CCS(C)(=O)=O.I. The van der Waals surface area contributed by atoms with Gasteiger partial charge in [0.25, 0.3) is 0 Å². The van der Waals surface area contributed by atoms with Crippen LogP contribution in [-0.2, 0) is 9.84 Å². The Kier molecular flexibility index (Phi) is 17.9. The third-order valence-corrected chi connectivity index (χ3v) is 4.66. The van der Waals surface area contributed by atoms with Crippen molar-refractivity contribution in [3.05, 3.63) is 0 Å². The standard InChI is InChI=1S/C17H37N3O2S.HI/c1-5-7-8-9-10-11-12-14-19-17(18-6-2)20-16(3)13-15-23(4,21)22;/h16H,5-15H2,1-4H3,(H2,18,19,20);1H. The van der Waals surface area contributed by atoms with Crippen LogP contribution in [0.5, 0.6) is 0 Å². The number of rotatable bonds is 13. The van der Waals surface area contributed by atoms with Crippen LogP contribution in [0.4, 0.5) is 0 Å². The van der Waals surface area contributed by atoms with E-state index in [2.05, 4.69) is 22.5 Å². The molecular formula is C17H38IN3O2S. The summed E-state index contributed by atoms with van der Waals surface area (Å²) in [5.41, 5.74) is 0. The van der Waals surface area contributed by atoms with Crippen LogP contribution in [0.2, 0.25) is 0 Å². The molecule has 146 valence electrons. The van der Waals surface area contributed by atoms with E-state index < -0.39 is 9.84 Å². The van der Waals surface area contributed by atoms with E-state index in [0.29, 0.717) is 6.42 Å². The Balaban J connectivity index is 0. The molecule has 2 N–H and O–H groups in total. The molecule has 0 aromatic heterocycles. The maximum atomic E-state index is 11.2. The van der Waals surface area contributed by atoms with E-state index >= 15 is 0 Å². The molecule has 0 fully saturated rings. The molecule has 0 spiro atoms. The molecule has 0 bridgehead atoms. The molecule has 0 aliphatic heterocycles. The Hall–Kier alpha value is -0.0500. The number of nitrogens with zero attached hydrogens (tertiary/aromatic N) is 1. The molecule has 1 unspecified atom stereocenters. The maximum Gasteiger partial charge on any atom is 0.191 e. The molecule has 0 aromatic rings. The zero-order chi connectivity index (χ0) is 17.6. The van der Waals surface area contributed by atoms with Crippen LogP contribution in [0.25, 0.3) is 0 Å². The zero-order valence-corrected chi connectivity index (χ0v) is 19.1. The second-order valence-electron chi connectivity index (χ2n) is 6.35. The Morgan fingerprint density at radius 1 is 1.04 bits per heavy atom. The average molecular weight is 475 g/mol. The van der Waals surface area contributed by atoms with Crippen LogP contribution in [0.1, 0.15) is 72.1 Å². The highest BCUT2D eigenvalue weighted by molar-refractivity contribution is 14.0. The van der Waals surface area contributed by atoms with Gasteiger partial charge in [-0.1, -0.05) is 45.4 Å². The van der Waals surface area contributed by atoms with Crippen molar-refractivity contribution < 1.29 is 8.42 Å². The molecule has 0 saturated heterocycles. The van der Waals surface area contributed by atoms with Crippen LogP contribution in [-0.4, -0.2) is 45.5 Å². The third kappa shape index (κ3) is 18.3. The summed E-state index contributed by atoms with van der Waals surface area (Å²) >= 11 is 0. The molecule has 1 atom stereocenters. The molecule has 0 aliphatic carbocycles. The topological polar surface area (TPSA) is 70.6 Å². The number of sulfone groups is 1. The predicted octanol–water partition coefficient (Wildman–Crippen LogP) is 3.73. The van der Waals surface area contributed by atoms with Gasteiger partial charge < -0.3 is 10.6 Å². The van der Waals surface area contributed by atoms with E-state index in [1.807, 2.05) is 13.8 Å². The van der Waals surface area contributed by atoms with E-state index in [4.69, 9.17) is 0 Å². The summed E-state index contributed by atoms with van der Waals surface area (Å²) in [6, 6.07) is 0.0940. The van der Waals surface area contributed by atoms with Gasteiger partial charge in [0.15, 0.2) is 5.96 Å². The third-order valence-electron chi connectivity index (χ3n) is 3.68. The van der Waals surface area contributed by atoms with Gasteiger partial charge in [0.2, 0.25) is 0 Å². The lowest BCUT2D eigenvalue weighted by Crippen LogP contribution is -2.42. The second kappa shape index (κ2) is 16.4. The van der Waals surface area contributed by atoms with Crippen molar-refractivity contribution in [2.24, 2.45) is 4.99 Å². The lowest BCUT2D eigenvalue weighted by Gasteiger charge is -2.17. The summed E-state index contributed by atoms with van der Waals surface area (Å²) in [6.45, 7) is 7.89. The Morgan fingerprint density at radius 2 is 1.62 bits per heavy atom. The average Bonchev–Trinajstić information content (AvgIpc) is 2.47. The van der Waals surface area contributed by atoms with E-state index in [9.17, 15) is 8.42 Å². The van der Waals surface area contributed by atoms with Crippen LogP contribution < -0.4 is 10.6 Å². The van der Waals surface area contributed by atoms with Gasteiger partial charge in [-0.05, 0) is 26.7 Å². The first kappa shape index (κ1) is 26.2. The molecule has 0 aromatic carbocycles. The first-order valence-electron chi connectivity index (χ1n) is 9.11. The number of nitrogens with one attached hydrogen (secondary N) is 2. The highest BCUT2D eigenvalue weighted by Crippen LogP contribution is 2.06. The van der Waals surface area contributed by atoms with Crippen LogP contribution in [0.15, 0.2) is 4.99 Å². The van der Waals surface area contributed by atoms with Crippen molar-refractivity contribution >= 4 is 39.8 Å². The second-order valence-corrected chi connectivity index (χ2v) is 8.61. The summed E-state index contributed by atoms with van der Waals surface area (Å²) in [7, 11) is -2.90. The first-order valence-corrected chi connectivity index (χ1v) is 11.2. The first-order chi connectivity index (χ1) is 10.9. The largest absolute Gasteiger partial charge is 0.357 e. The minimum absolute atomic E-state index is 0. The molecule has 0 amide bonds. The van der Waals surface area contributed by atoms with Gasteiger partial charge in [-0.15, -0.1) is 24.0 Å². The van der Waals surface area contributed by atoms with Gasteiger partial charge in [0.1, 0.15) is 9.84 Å². The number of halogens is 1. The van der Waals surface area contributed by atoms with Crippen molar-refractivity contribution in [1.29, 1.82) is 0 Å². The fourth-order valence-corrected chi connectivity index (χ4v) is 3.06. The molecule has 0 saturated carbocycles. The molecule has 0 heterocycles. The monoisotopic (exact) mass is 475 g/mol. The highest BCUT2D eigenvalue weighted by atomic mass is 127. The van der Waals surface area contributed by atoms with Crippen molar-refractivity contribution in [3.63, 3.8) is 0 Å². The van der Waals surface area contributed by atoms with Crippen molar-refractivity contribution in [1.82, 2.24) is 10.6 Å². The van der Waals surface area contributed by atoms with E-state index in [1.54, 1.807) is 0 Å². The number of aliphatic imine (C=N–C) groups is 1. The van der Waals surface area contributed by atoms with Crippen LogP contribution in [0.3, 0.4) is 0 Å². The van der Waals surface area contributed by atoms with Gasteiger partial charge >= 0.3 is 0 Å². The van der Waals surface area contributed by atoms with E-state index in [1.165, 1.54) is 44.8 Å². The number of hydrogen-bond acceptors (Lipinski definition) is 3. The van der Waals surface area contributed by atoms with Crippen LogP contribution in [0, 0.1) is 0 Å². The van der Waals surface area contributed by atoms with E-state index in [0.717, 1.165) is 25.5 Å². The van der Waals surface area contributed by atoms with Gasteiger partial charge in [-0.3, -0.25) is 4.99 Å². The molecule has 0 aliphatic rings. The predicted molar refractivity (Wildman–Crippen MR) is 116 cm³/mol. The van der Waals surface area contributed by atoms with Crippen molar-refractivity contribution in [2.45, 2.75) is 78.2 Å². The van der Waals surface area contributed by atoms with Crippen LogP contribution >= 0.6 is 24.0 Å². The van der Waals surface area contributed by atoms with Gasteiger partial charge in [0.05, 0.1) is 5.75 Å². The number of unbranched alkanes of at least 4 members (excludes halogenated alkanes) is 6. The molecule has 5 nitrogen and oxygen atoms in total. The number of guanidine groups is 1. The summed E-state index contributed by atoms with van der Waals surface area (Å²) < 4.78 is 22.4. The van der Waals surface area contributed by atoms with E-state index in [-0.39, 0.29) is 35.8 Å². The van der Waals surface area contributed by atoms with Gasteiger partial charge in [0, 0.05) is 25.4 Å². The fraction of sp³-hybridized carbons (Fsp3) is 0.941. The Bertz CT molecular complexity index is 414. The maximum absolute atomic E-state index is 11.2. The van der Waals surface area contributed by atoms with Gasteiger partial charge in [-0.25, -0.2) is 8.42 Å². The molecule has 7 heteroatoms. The fourth-order valence-electron chi connectivity index (χ4n) is 2.28. The van der Waals surface area contributed by atoms with Crippen molar-refractivity contribution in [3.8, 4) is 0 Å². The molecule has 24 heavy (non-hydrogen) atoms. The summed E-state index contributed by atoms with van der Waals surface area (Å²) in [5.74, 6) is 0.998. The smallest absolute Gasteiger partial charge is 0.191 e. The lowest BCUT2D eigenvalue weighted by atomic mass is 10.1. The quantitative estimate of drug-likeness (QED) is 0.184. The Morgan fingerprint density at radius 3 is 2.17 bits per heavy atom. The summed E-state index contributed by atoms with van der Waals surface area (Å²) in [4.78, 5) is 4.58. The summed E-state index contributed by atoms with van der Waals surface area (Å²) in [6.07, 6.45) is 10.8. The molecule has 0 rings (SSSR count). The highest BCUT2D eigenvalue weighted by Gasteiger charge is 2.09. The molecular weight excluding hydrogens is 437 g/mol. The minimum atomic E-state index is -2.90. The number of hydrogen-bond donors (Lipinski definition) is 2. The zero-order valence-electron chi connectivity index (χ0n) is 15.9. The van der Waals surface area contributed by atoms with Crippen molar-refractivity contribution in [2.75, 3.05) is 25.1 Å². The normalized spacial score (nSPS) is 13.2. The minimum Gasteiger partial charge on any atom is -0.357 e. The lowest BCUT2D eigenvalue weighted by molar-refractivity contribution is 0.578. The Labute approximate surface area is 166 Å². The van der Waals surface area contributed by atoms with Gasteiger partial charge in [-0.2, -0.15) is 0 Å².